The number of thiocarbonyl (C=S) groups is 1. The number of sulfone groups is 1. The van der Waals surface area contributed by atoms with E-state index in [1.54, 1.807) is 13.8 Å². The summed E-state index contributed by atoms with van der Waals surface area (Å²) in [6.07, 6.45) is 0.591. The Hall–Kier alpha value is -0.400. The molecule has 0 aliphatic carbocycles. The predicted octanol–water partition coefficient (Wildman–Crippen LogP) is -0.300. The summed E-state index contributed by atoms with van der Waals surface area (Å²) >= 11 is 4.61. The van der Waals surface area contributed by atoms with Gasteiger partial charge in [0.25, 0.3) is 0 Å². The van der Waals surface area contributed by atoms with Crippen molar-refractivity contribution in [3.63, 3.8) is 0 Å². The molecule has 0 unspecified atom stereocenters. The van der Waals surface area contributed by atoms with Gasteiger partial charge < -0.3 is 16.2 Å². The van der Waals surface area contributed by atoms with E-state index in [1.165, 1.54) is 0 Å². The van der Waals surface area contributed by atoms with E-state index in [2.05, 4.69) is 17.5 Å². The van der Waals surface area contributed by atoms with Gasteiger partial charge in [-0.15, -0.1) is 0 Å². The first-order valence-corrected chi connectivity index (χ1v) is 6.32. The molecule has 0 aromatic heterocycles. The molecule has 84 valence electrons. The van der Waals surface area contributed by atoms with Crippen LogP contribution in [-0.4, -0.2) is 29.4 Å². The molecule has 0 saturated heterocycles. The zero-order valence-corrected chi connectivity index (χ0v) is 9.91. The molecule has 0 fully saturated rings. The molecule has 0 aliphatic heterocycles. The molecular formula is C7H16N2O3S2. The molecule has 0 heterocycles. The molecule has 0 bridgehead atoms. The molecule has 0 radical (unpaired) electrons. The lowest BCUT2D eigenvalue weighted by molar-refractivity contribution is 0.343. The number of nitrogens with one attached hydrogen (secondary N) is 1. The Kier molecular flexibility index (Phi) is 4.76. The number of aliphatic hydroxyl groups is 1. The zero-order chi connectivity index (χ0) is 11.4. The van der Waals surface area contributed by atoms with Crippen LogP contribution < -0.4 is 11.1 Å². The minimum absolute atomic E-state index is 0.0780. The minimum atomic E-state index is -3.64. The molecule has 0 atom stereocenters. The third-order valence-electron chi connectivity index (χ3n) is 2.26. The summed E-state index contributed by atoms with van der Waals surface area (Å²) in [6.45, 7) is 3.39. The summed E-state index contributed by atoms with van der Waals surface area (Å²) in [5.41, 5.74) is 5.26. The van der Waals surface area contributed by atoms with E-state index in [0.717, 1.165) is 0 Å². The van der Waals surface area contributed by atoms with E-state index in [9.17, 15) is 8.42 Å². The highest BCUT2D eigenvalue weighted by molar-refractivity contribution is 7.92. The van der Waals surface area contributed by atoms with Crippen molar-refractivity contribution in [2.45, 2.75) is 31.6 Å². The molecule has 0 rings (SSSR count). The second-order valence-corrected chi connectivity index (χ2v) is 5.64. The summed E-state index contributed by atoms with van der Waals surface area (Å²) < 4.78 is 23.2. The fraction of sp³-hybridized carbons (Fsp3) is 0.857. The van der Waals surface area contributed by atoms with Crippen molar-refractivity contribution in [2.24, 2.45) is 5.73 Å². The van der Waals surface area contributed by atoms with Gasteiger partial charge in [-0.25, -0.2) is 8.42 Å². The Bertz CT molecular complexity index is 296. The number of nitrogens with two attached hydrogens (primary N) is 1. The van der Waals surface area contributed by atoms with Gasteiger partial charge in [0.15, 0.2) is 14.9 Å². The summed E-state index contributed by atoms with van der Waals surface area (Å²) in [7, 11) is -3.64. The molecular weight excluding hydrogens is 224 g/mol. The van der Waals surface area contributed by atoms with Gasteiger partial charge in [-0.2, -0.15) is 0 Å². The smallest absolute Gasteiger partial charge is 0.197 e. The molecule has 0 amide bonds. The van der Waals surface area contributed by atoms with Crippen LogP contribution in [0.3, 0.4) is 0 Å². The number of aliphatic hydroxyl groups excluding tert-OH is 1. The molecule has 7 heteroatoms. The van der Waals surface area contributed by atoms with E-state index in [-0.39, 0.29) is 5.11 Å². The van der Waals surface area contributed by atoms with Gasteiger partial charge in [-0.3, -0.25) is 0 Å². The van der Waals surface area contributed by atoms with Crippen molar-refractivity contribution in [3.05, 3.63) is 0 Å². The third-order valence-corrected chi connectivity index (χ3v) is 4.57. The van der Waals surface area contributed by atoms with Crippen molar-refractivity contribution < 1.29 is 13.5 Å². The van der Waals surface area contributed by atoms with Crippen LogP contribution in [0, 0.1) is 0 Å². The molecule has 14 heavy (non-hydrogen) atoms. The molecule has 0 aromatic carbocycles. The van der Waals surface area contributed by atoms with E-state index >= 15 is 0 Å². The molecule has 4 N–H and O–H groups in total. The maximum absolute atomic E-state index is 11.6. The Balaban J connectivity index is 5.18. The molecule has 0 spiro atoms. The van der Waals surface area contributed by atoms with Crippen molar-refractivity contribution in [3.8, 4) is 0 Å². The van der Waals surface area contributed by atoms with Crippen molar-refractivity contribution in [1.29, 1.82) is 0 Å². The van der Waals surface area contributed by atoms with Gasteiger partial charge >= 0.3 is 0 Å². The second kappa shape index (κ2) is 4.90. The quantitative estimate of drug-likeness (QED) is 0.571. The molecule has 0 aromatic rings. The predicted molar refractivity (Wildman–Crippen MR) is 59.2 cm³/mol. The van der Waals surface area contributed by atoms with Gasteiger partial charge in [0, 0.05) is 0 Å². The van der Waals surface area contributed by atoms with Gasteiger partial charge in [-0.1, -0.05) is 13.8 Å². The highest BCUT2D eigenvalue weighted by Gasteiger charge is 2.40. The van der Waals surface area contributed by atoms with Crippen molar-refractivity contribution in [1.82, 2.24) is 5.32 Å². The molecule has 0 saturated carbocycles. The van der Waals surface area contributed by atoms with E-state index in [0.29, 0.717) is 12.8 Å². The lowest BCUT2D eigenvalue weighted by Crippen LogP contribution is -2.55. The van der Waals surface area contributed by atoms with E-state index in [4.69, 9.17) is 10.8 Å². The zero-order valence-electron chi connectivity index (χ0n) is 8.28. The van der Waals surface area contributed by atoms with Crippen LogP contribution in [0.5, 0.6) is 0 Å². The number of rotatable bonds is 5. The van der Waals surface area contributed by atoms with Crippen LogP contribution in [0.4, 0.5) is 0 Å². The van der Waals surface area contributed by atoms with Gasteiger partial charge in [0.2, 0.25) is 0 Å². The van der Waals surface area contributed by atoms with Gasteiger partial charge in [0.1, 0.15) is 10.8 Å². The van der Waals surface area contributed by atoms with Crippen LogP contribution in [0.15, 0.2) is 0 Å². The number of hydrogen-bond donors (Lipinski definition) is 3. The van der Waals surface area contributed by atoms with Crippen LogP contribution in [0.1, 0.15) is 26.7 Å². The second-order valence-electron chi connectivity index (χ2n) is 2.93. The molecule has 0 aliphatic rings. The topological polar surface area (TPSA) is 92.4 Å². The first kappa shape index (κ1) is 13.6. The fourth-order valence-corrected chi connectivity index (χ4v) is 2.94. The van der Waals surface area contributed by atoms with Gasteiger partial charge in [-0.05, 0) is 25.1 Å². The average molecular weight is 240 g/mol. The Morgan fingerprint density at radius 3 is 2.14 bits per heavy atom. The third kappa shape index (κ3) is 2.55. The maximum atomic E-state index is 11.6. The Morgan fingerprint density at radius 2 is 1.93 bits per heavy atom. The standard InChI is InChI=1S/C7H16N2O3S2/c1-3-7(4-2,9-6(8)13)14(11,12)5-10/h10H,3-5H2,1-2H3,(H3,8,9,13). The SMILES string of the molecule is CCC(CC)(NC(N)=S)S(=O)(=O)CO. The normalized spacial score (nSPS) is 12.5. The largest absolute Gasteiger partial charge is 0.380 e. The first-order chi connectivity index (χ1) is 6.35. The first-order valence-electron chi connectivity index (χ1n) is 4.26. The van der Waals surface area contributed by atoms with Crippen molar-refractivity contribution in [2.75, 3.05) is 5.94 Å². The Morgan fingerprint density at radius 1 is 1.50 bits per heavy atom. The van der Waals surface area contributed by atoms with Crippen LogP contribution in [-0.2, 0) is 9.84 Å². The van der Waals surface area contributed by atoms with Crippen LogP contribution >= 0.6 is 12.2 Å². The maximum Gasteiger partial charge on any atom is 0.197 e. The van der Waals surface area contributed by atoms with Gasteiger partial charge in [0.05, 0.1) is 0 Å². The summed E-state index contributed by atoms with van der Waals surface area (Å²) in [4.78, 5) is -1.24. The minimum Gasteiger partial charge on any atom is -0.380 e. The lowest BCUT2D eigenvalue weighted by Gasteiger charge is -2.31. The summed E-state index contributed by atoms with van der Waals surface area (Å²) in [5.74, 6) is -0.912. The van der Waals surface area contributed by atoms with Crippen molar-refractivity contribution >= 4 is 27.2 Å². The number of hydrogen-bond acceptors (Lipinski definition) is 4. The van der Waals surface area contributed by atoms with E-state index in [1.807, 2.05) is 0 Å². The Labute approximate surface area is 89.6 Å². The summed E-state index contributed by atoms with van der Waals surface area (Å²) in [6, 6.07) is 0. The highest BCUT2D eigenvalue weighted by atomic mass is 32.2. The van der Waals surface area contributed by atoms with Crippen LogP contribution in [0.2, 0.25) is 0 Å². The monoisotopic (exact) mass is 240 g/mol. The lowest BCUT2D eigenvalue weighted by atomic mass is 10.1. The van der Waals surface area contributed by atoms with E-state index < -0.39 is 20.6 Å². The molecule has 5 nitrogen and oxygen atoms in total. The summed E-state index contributed by atoms with van der Waals surface area (Å²) in [5, 5.41) is 11.3. The fourth-order valence-electron chi connectivity index (χ4n) is 1.29. The van der Waals surface area contributed by atoms with Crippen LogP contribution in [0.25, 0.3) is 0 Å². The highest BCUT2D eigenvalue weighted by Crippen LogP contribution is 2.22. The average Bonchev–Trinajstić information content (AvgIpc) is 2.13.